The second-order valence-electron chi connectivity index (χ2n) is 3.85. The molecule has 7 heteroatoms. The lowest BCUT2D eigenvalue weighted by Gasteiger charge is -2.06. The summed E-state index contributed by atoms with van der Waals surface area (Å²) in [6.45, 7) is 3.62. The second-order valence-corrected chi connectivity index (χ2v) is 6.74. The largest absolute Gasteiger partial charge is 0.269 e. The van der Waals surface area contributed by atoms with Crippen molar-refractivity contribution in [3.63, 3.8) is 0 Å². The fraction of sp³-hybridized carbons (Fsp3) is 0.182. The van der Waals surface area contributed by atoms with Crippen molar-refractivity contribution in [1.82, 2.24) is 4.37 Å². The Morgan fingerprint density at radius 1 is 1.28 bits per heavy atom. The molecule has 0 fully saturated rings. The average molecular weight is 303 g/mol. The summed E-state index contributed by atoms with van der Waals surface area (Å²) in [5.41, 5.74) is 1.61. The van der Waals surface area contributed by atoms with Crippen molar-refractivity contribution in [1.29, 1.82) is 0 Å². The average Bonchev–Trinajstić information content (AvgIpc) is 2.67. The Morgan fingerprint density at radius 2 is 2.00 bits per heavy atom. The van der Waals surface area contributed by atoms with Gasteiger partial charge in [-0.25, -0.2) is 8.42 Å². The number of anilines is 1. The summed E-state index contributed by atoms with van der Waals surface area (Å²) >= 11 is 7.03. The topological polar surface area (TPSA) is 59.1 Å². The zero-order valence-corrected chi connectivity index (χ0v) is 12.2. The maximum atomic E-state index is 12.1. The SMILES string of the molecule is Cc1cc(NS(=O)(=O)c2ccc(C)c(Cl)c2)sn1. The van der Waals surface area contributed by atoms with Gasteiger partial charge in [0, 0.05) is 5.02 Å². The van der Waals surface area contributed by atoms with Crippen molar-refractivity contribution in [2.75, 3.05) is 4.72 Å². The highest BCUT2D eigenvalue weighted by Gasteiger charge is 2.16. The molecule has 0 aliphatic heterocycles. The molecule has 1 N–H and O–H groups in total. The van der Waals surface area contributed by atoms with E-state index >= 15 is 0 Å². The molecule has 0 spiro atoms. The van der Waals surface area contributed by atoms with Crippen molar-refractivity contribution in [2.24, 2.45) is 0 Å². The van der Waals surface area contributed by atoms with Gasteiger partial charge in [0.2, 0.25) is 0 Å². The second kappa shape index (κ2) is 4.87. The lowest BCUT2D eigenvalue weighted by atomic mass is 10.2. The van der Waals surface area contributed by atoms with Crippen molar-refractivity contribution in [2.45, 2.75) is 18.7 Å². The zero-order chi connectivity index (χ0) is 13.3. The summed E-state index contributed by atoms with van der Waals surface area (Å²) in [5, 5.41) is 0.919. The Morgan fingerprint density at radius 3 is 2.56 bits per heavy atom. The highest BCUT2D eigenvalue weighted by Crippen LogP contribution is 2.24. The number of aryl methyl sites for hydroxylation is 2. The number of benzene rings is 1. The summed E-state index contributed by atoms with van der Waals surface area (Å²) in [6, 6.07) is 6.32. The third kappa shape index (κ3) is 2.82. The van der Waals surface area contributed by atoms with Crippen molar-refractivity contribution in [3.05, 3.63) is 40.5 Å². The summed E-state index contributed by atoms with van der Waals surface area (Å²) in [6.07, 6.45) is 0. The number of nitrogens with one attached hydrogen (secondary N) is 1. The lowest BCUT2D eigenvalue weighted by molar-refractivity contribution is 0.601. The van der Waals surface area contributed by atoms with E-state index < -0.39 is 10.0 Å². The number of hydrogen-bond acceptors (Lipinski definition) is 4. The van der Waals surface area contributed by atoms with Crippen molar-refractivity contribution < 1.29 is 8.42 Å². The molecule has 1 heterocycles. The van der Waals surface area contributed by atoms with E-state index in [4.69, 9.17) is 11.6 Å². The van der Waals surface area contributed by atoms with Gasteiger partial charge in [-0.3, -0.25) is 4.72 Å². The van der Waals surface area contributed by atoms with Crippen LogP contribution in [-0.4, -0.2) is 12.8 Å². The van der Waals surface area contributed by atoms with Crippen LogP contribution in [0.15, 0.2) is 29.2 Å². The highest BCUT2D eigenvalue weighted by molar-refractivity contribution is 7.93. The van der Waals surface area contributed by atoms with Crippen LogP contribution in [0.4, 0.5) is 5.00 Å². The Hall–Kier alpha value is -1.11. The van der Waals surface area contributed by atoms with Gasteiger partial charge < -0.3 is 0 Å². The smallest absolute Gasteiger partial charge is 0.262 e. The first kappa shape index (κ1) is 13.3. The molecule has 2 rings (SSSR count). The molecular formula is C11H11ClN2O2S2. The minimum Gasteiger partial charge on any atom is -0.269 e. The van der Waals surface area contributed by atoms with Crippen LogP contribution in [0.5, 0.6) is 0 Å². The lowest BCUT2D eigenvalue weighted by Crippen LogP contribution is -2.12. The molecular weight excluding hydrogens is 292 g/mol. The number of halogens is 1. The molecule has 0 saturated heterocycles. The van der Waals surface area contributed by atoms with Crippen molar-refractivity contribution in [3.8, 4) is 0 Å². The van der Waals surface area contributed by atoms with Gasteiger partial charge in [-0.15, -0.1) is 0 Å². The van der Waals surface area contributed by atoms with Crippen LogP contribution in [0, 0.1) is 13.8 Å². The molecule has 0 atom stereocenters. The molecule has 96 valence electrons. The molecule has 0 amide bonds. The molecule has 0 unspecified atom stereocenters. The van der Waals surface area contributed by atoms with E-state index in [1.807, 2.05) is 6.92 Å². The standard InChI is InChI=1S/C11H11ClN2O2S2/c1-7-3-4-9(6-10(7)12)18(15,16)14-11-5-8(2)13-17-11/h3-6,14H,1-2H3. The highest BCUT2D eigenvalue weighted by atomic mass is 35.5. The molecule has 1 aromatic carbocycles. The van der Waals surface area contributed by atoms with Crippen LogP contribution in [0.25, 0.3) is 0 Å². The number of sulfonamides is 1. The third-order valence-electron chi connectivity index (χ3n) is 2.32. The van der Waals surface area contributed by atoms with Crippen LogP contribution in [0.1, 0.15) is 11.3 Å². The Labute approximate surface area is 115 Å². The van der Waals surface area contributed by atoms with E-state index in [-0.39, 0.29) is 4.90 Å². The third-order valence-corrected chi connectivity index (χ3v) is 5.01. The van der Waals surface area contributed by atoms with E-state index in [2.05, 4.69) is 9.10 Å². The van der Waals surface area contributed by atoms with Gasteiger partial charge in [-0.1, -0.05) is 17.7 Å². The van der Waals surface area contributed by atoms with Gasteiger partial charge in [0.25, 0.3) is 10.0 Å². The van der Waals surface area contributed by atoms with E-state index in [0.29, 0.717) is 10.0 Å². The normalized spacial score (nSPS) is 11.5. The van der Waals surface area contributed by atoms with Crippen LogP contribution in [-0.2, 0) is 10.0 Å². The van der Waals surface area contributed by atoms with E-state index in [1.54, 1.807) is 19.1 Å². The molecule has 0 aliphatic carbocycles. The van der Waals surface area contributed by atoms with Crippen LogP contribution >= 0.6 is 23.1 Å². The molecule has 0 aliphatic rings. The van der Waals surface area contributed by atoms with Gasteiger partial charge in [0.1, 0.15) is 5.00 Å². The fourth-order valence-corrected chi connectivity index (χ4v) is 3.55. The van der Waals surface area contributed by atoms with Gasteiger partial charge in [-0.05, 0) is 49.1 Å². The first-order chi connectivity index (χ1) is 8.38. The maximum Gasteiger partial charge on any atom is 0.262 e. The fourth-order valence-electron chi connectivity index (χ4n) is 1.34. The molecule has 0 saturated carbocycles. The summed E-state index contributed by atoms with van der Waals surface area (Å²) in [7, 11) is -3.60. The Bertz CT molecular complexity index is 680. The van der Waals surface area contributed by atoms with Crippen LogP contribution < -0.4 is 4.72 Å². The summed E-state index contributed by atoms with van der Waals surface area (Å²) in [4.78, 5) is 0.143. The minimum atomic E-state index is -3.60. The molecule has 0 radical (unpaired) electrons. The molecule has 1 aromatic heterocycles. The first-order valence-corrected chi connectivity index (χ1v) is 7.74. The predicted octanol–water partition coefficient (Wildman–Crippen LogP) is 3.21. The van der Waals surface area contributed by atoms with E-state index in [9.17, 15) is 8.42 Å². The molecule has 18 heavy (non-hydrogen) atoms. The Balaban J connectivity index is 2.33. The predicted molar refractivity (Wildman–Crippen MR) is 73.8 cm³/mol. The maximum absolute atomic E-state index is 12.1. The number of aromatic nitrogens is 1. The van der Waals surface area contributed by atoms with E-state index in [0.717, 1.165) is 22.8 Å². The van der Waals surface area contributed by atoms with Gasteiger partial charge >= 0.3 is 0 Å². The number of hydrogen-bond donors (Lipinski definition) is 1. The van der Waals surface area contributed by atoms with Crippen LogP contribution in [0.3, 0.4) is 0 Å². The quantitative estimate of drug-likeness (QED) is 0.947. The zero-order valence-electron chi connectivity index (χ0n) is 9.77. The van der Waals surface area contributed by atoms with Crippen molar-refractivity contribution >= 4 is 38.2 Å². The first-order valence-electron chi connectivity index (χ1n) is 5.11. The van der Waals surface area contributed by atoms with Gasteiger partial charge in [0.15, 0.2) is 0 Å². The van der Waals surface area contributed by atoms with E-state index in [1.165, 1.54) is 12.1 Å². The summed E-state index contributed by atoms with van der Waals surface area (Å²) in [5.74, 6) is 0. The van der Waals surface area contributed by atoms with Gasteiger partial charge in [0.05, 0.1) is 10.6 Å². The number of rotatable bonds is 3. The molecule has 4 nitrogen and oxygen atoms in total. The Kier molecular flexibility index (Phi) is 3.61. The van der Waals surface area contributed by atoms with Gasteiger partial charge in [-0.2, -0.15) is 4.37 Å². The minimum absolute atomic E-state index is 0.143. The summed E-state index contributed by atoms with van der Waals surface area (Å²) < 4.78 is 30.7. The number of nitrogens with zero attached hydrogens (tertiary/aromatic N) is 1. The molecule has 2 aromatic rings. The molecule has 0 bridgehead atoms. The monoisotopic (exact) mass is 302 g/mol. The van der Waals surface area contributed by atoms with Crippen LogP contribution in [0.2, 0.25) is 5.02 Å².